The van der Waals surface area contributed by atoms with Gasteiger partial charge >= 0.3 is 0 Å². The van der Waals surface area contributed by atoms with Gasteiger partial charge in [-0.05, 0) is 35.9 Å². The molecule has 0 radical (unpaired) electrons. The van der Waals surface area contributed by atoms with Crippen molar-refractivity contribution in [1.82, 2.24) is 0 Å². The number of amides is 2. The van der Waals surface area contributed by atoms with Gasteiger partial charge in [0, 0.05) is 5.57 Å². The minimum Gasteiger partial charge on any atom is -0.274 e. The third kappa shape index (κ3) is 2.60. The van der Waals surface area contributed by atoms with Gasteiger partial charge in [0.25, 0.3) is 5.91 Å². The molecular weight excluding hydrogens is 269 g/mol. The fourth-order valence-electron chi connectivity index (χ4n) is 2.29. The van der Waals surface area contributed by atoms with Crippen molar-refractivity contribution in [2.75, 3.05) is 4.90 Å². The fraction of sp³-hybridized carbons (Fsp3) is 0.0588. The summed E-state index contributed by atoms with van der Waals surface area (Å²) in [6, 6.07) is 14.6. The molecule has 0 bridgehead atoms. The summed E-state index contributed by atoms with van der Waals surface area (Å²) in [5.74, 6) is -0.910. The molecule has 4 heteroatoms. The summed E-state index contributed by atoms with van der Waals surface area (Å²) in [5, 5.41) is 0. The lowest BCUT2D eigenvalue weighted by molar-refractivity contribution is -0.120. The molecule has 21 heavy (non-hydrogen) atoms. The van der Waals surface area contributed by atoms with Gasteiger partial charge < -0.3 is 0 Å². The Morgan fingerprint density at radius 3 is 2.29 bits per heavy atom. The van der Waals surface area contributed by atoms with Crippen molar-refractivity contribution in [2.45, 2.75) is 6.42 Å². The van der Waals surface area contributed by atoms with Crippen molar-refractivity contribution in [3.8, 4) is 0 Å². The van der Waals surface area contributed by atoms with Gasteiger partial charge in [-0.2, -0.15) is 0 Å². The molecule has 0 aliphatic carbocycles. The van der Waals surface area contributed by atoms with Crippen molar-refractivity contribution < 1.29 is 14.0 Å². The summed E-state index contributed by atoms with van der Waals surface area (Å²) in [5.41, 5.74) is 1.67. The maximum absolute atomic E-state index is 12.9. The highest BCUT2D eigenvalue weighted by molar-refractivity contribution is 6.29. The molecule has 2 aromatic rings. The molecule has 0 spiro atoms. The average molecular weight is 281 g/mol. The first-order valence-electron chi connectivity index (χ1n) is 6.53. The first-order valence-corrected chi connectivity index (χ1v) is 6.53. The van der Waals surface area contributed by atoms with Crippen LogP contribution in [-0.4, -0.2) is 11.8 Å². The number of nitrogens with zero attached hydrogens (tertiary/aromatic N) is 1. The Morgan fingerprint density at radius 1 is 0.952 bits per heavy atom. The smallest absolute Gasteiger partial charge is 0.261 e. The lowest BCUT2D eigenvalue weighted by Crippen LogP contribution is -2.28. The first-order chi connectivity index (χ1) is 10.1. The molecule has 0 aromatic heterocycles. The first kappa shape index (κ1) is 13.2. The van der Waals surface area contributed by atoms with Crippen LogP contribution in [0.15, 0.2) is 60.2 Å². The Labute approximate surface area is 121 Å². The molecule has 1 saturated heterocycles. The van der Waals surface area contributed by atoms with Gasteiger partial charge in [-0.3, -0.25) is 9.59 Å². The number of hydrogen-bond donors (Lipinski definition) is 0. The molecule has 104 valence electrons. The molecule has 0 N–H and O–H groups in total. The van der Waals surface area contributed by atoms with E-state index in [1.807, 2.05) is 6.07 Å². The Morgan fingerprint density at radius 2 is 1.62 bits per heavy atom. The van der Waals surface area contributed by atoms with Crippen LogP contribution in [0.25, 0.3) is 6.08 Å². The number of para-hydroxylation sites is 1. The minimum absolute atomic E-state index is 0.0606. The standard InChI is InChI=1S/C17H12FNO2/c18-14-8-6-12(7-9-14)10-13-11-16(20)19(17(13)21)15-4-2-1-3-5-15/h1-10H,11H2/b13-10+. The number of rotatable bonds is 2. The summed E-state index contributed by atoms with van der Waals surface area (Å²) in [7, 11) is 0. The number of halogens is 1. The van der Waals surface area contributed by atoms with Gasteiger partial charge in [-0.15, -0.1) is 0 Å². The van der Waals surface area contributed by atoms with Crippen LogP contribution < -0.4 is 4.90 Å². The van der Waals surface area contributed by atoms with Crippen LogP contribution in [0.1, 0.15) is 12.0 Å². The van der Waals surface area contributed by atoms with E-state index in [0.29, 0.717) is 16.8 Å². The van der Waals surface area contributed by atoms with Crippen LogP contribution in [-0.2, 0) is 9.59 Å². The molecule has 3 nitrogen and oxygen atoms in total. The molecule has 3 rings (SSSR count). The van der Waals surface area contributed by atoms with Gasteiger partial charge in [-0.1, -0.05) is 30.3 Å². The molecule has 2 aromatic carbocycles. The Hall–Kier alpha value is -2.75. The molecular formula is C17H12FNO2. The largest absolute Gasteiger partial charge is 0.274 e. The highest BCUT2D eigenvalue weighted by Gasteiger charge is 2.34. The molecule has 1 aliphatic heterocycles. The summed E-state index contributed by atoms with van der Waals surface area (Å²) < 4.78 is 12.9. The van der Waals surface area contributed by atoms with E-state index in [1.165, 1.54) is 17.0 Å². The SMILES string of the molecule is O=C1C/C(=C\c2ccc(F)cc2)C(=O)N1c1ccccc1. The topological polar surface area (TPSA) is 37.4 Å². The summed E-state index contributed by atoms with van der Waals surface area (Å²) in [4.78, 5) is 25.6. The monoisotopic (exact) mass is 281 g/mol. The summed E-state index contributed by atoms with van der Waals surface area (Å²) in [6.45, 7) is 0. The van der Waals surface area contributed by atoms with Crippen LogP contribution >= 0.6 is 0 Å². The predicted molar refractivity (Wildman–Crippen MR) is 77.9 cm³/mol. The number of anilines is 1. The number of benzene rings is 2. The van der Waals surface area contributed by atoms with E-state index < -0.39 is 0 Å². The number of carbonyl (C=O) groups excluding carboxylic acids is 2. The van der Waals surface area contributed by atoms with Crippen molar-refractivity contribution in [3.05, 3.63) is 71.6 Å². The number of imide groups is 1. The van der Waals surface area contributed by atoms with Gasteiger partial charge in [0.1, 0.15) is 5.82 Å². The van der Waals surface area contributed by atoms with E-state index in [9.17, 15) is 14.0 Å². The third-order valence-corrected chi connectivity index (χ3v) is 3.29. The zero-order chi connectivity index (χ0) is 14.8. The van der Waals surface area contributed by atoms with Gasteiger partial charge in [0.05, 0.1) is 12.1 Å². The average Bonchev–Trinajstić information content (AvgIpc) is 2.77. The van der Waals surface area contributed by atoms with Crippen molar-refractivity contribution in [3.63, 3.8) is 0 Å². The second-order valence-electron chi connectivity index (χ2n) is 4.77. The molecule has 0 saturated carbocycles. The zero-order valence-electron chi connectivity index (χ0n) is 11.1. The van der Waals surface area contributed by atoms with E-state index >= 15 is 0 Å². The van der Waals surface area contributed by atoms with Crippen LogP contribution in [0.4, 0.5) is 10.1 Å². The van der Waals surface area contributed by atoms with E-state index in [-0.39, 0.29) is 24.1 Å². The number of carbonyl (C=O) groups is 2. The molecule has 1 aliphatic rings. The Bertz CT molecular complexity index is 720. The third-order valence-electron chi connectivity index (χ3n) is 3.29. The maximum Gasteiger partial charge on any atom is 0.261 e. The van der Waals surface area contributed by atoms with E-state index in [4.69, 9.17) is 0 Å². The lowest BCUT2D eigenvalue weighted by atomic mass is 10.1. The zero-order valence-corrected chi connectivity index (χ0v) is 11.1. The summed E-state index contributed by atoms with van der Waals surface area (Å²) in [6.07, 6.45) is 1.69. The van der Waals surface area contributed by atoms with E-state index in [1.54, 1.807) is 42.5 Å². The second kappa shape index (κ2) is 5.32. The van der Waals surface area contributed by atoms with E-state index in [0.717, 1.165) is 0 Å². The highest BCUT2D eigenvalue weighted by Crippen LogP contribution is 2.27. The van der Waals surface area contributed by atoms with Crippen molar-refractivity contribution in [1.29, 1.82) is 0 Å². The lowest BCUT2D eigenvalue weighted by Gasteiger charge is -2.12. The molecule has 1 fully saturated rings. The predicted octanol–water partition coefficient (Wildman–Crippen LogP) is 3.17. The van der Waals surface area contributed by atoms with E-state index in [2.05, 4.69) is 0 Å². The van der Waals surface area contributed by atoms with Crippen LogP contribution in [0.3, 0.4) is 0 Å². The molecule has 0 atom stereocenters. The Balaban J connectivity index is 1.92. The van der Waals surface area contributed by atoms with Crippen molar-refractivity contribution >= 4 is 23.6 Å². The van der Waals surface area contributed by atoms with Crippen LogP contribution in [0.2, 0.25) is 0 Å². The normalized spacial score (nSPS) is 16.8. The molecule has 2 amide bonds. The van der Waals surface area contributed by atoms with Crippen LogP contribution in [0, 0.1) is 5.82 Å². The number of hydrogen-bond acceptors (Lipinski definition) is 2. The molecule has 1 heterocycles. The Kier molecular flexibility index (Phi) is 3.36. The summed E-state index contributed by atoms with van der Waals surface area (Å²) >= 11 is 0. The van der Waals surface area contributed by atoms with Crippen LogP contribution in [0.5, 0.6) is 0 Å². The van der Waals surface area contributed by atoms with Gasteiger partial charge in [0.15, 0.2) is 0 Å². The fourth-order valence-corrected chi connectivity index (χ4v) is 2.29. The van der Waals surface area contributed by atoms with Gasteiger partial charge in [-0.25, -0.2) is 9.29 Å². The molecule has 0 unspecified atom stereocenters. The minimum atomic E-state index is -0.336. The maximum atomic E-state index is 12.9. The van der Waals surface area contributed by atoms with Gasteiger partial charge in [0.2, 0.25) is 5.91 Å². The highest BCUT2D eigenvalue weighted by atomic mass is 19.1. The van der Waals surface area contributed by atoms with Crippen molar-refractivity contribution in [2.24, 2.45) is 0 Å². The second-order valence-corrected chi connectivity index (χ2v) is 4.77. The quantitative estimate of drug-likeness (QED) is 0.626.